The van der Waals surface area contributed by atoms with Crippen LogP contribution < -0.4 is 25.0 Å². The van der Waals surface area contributed by atoms with Gasteiger partial charge in [-0.05, 0) is 183 Å². The molecule has 9 aromatic rings. The molecule has 0 spiro atoms. The SMILES string of the molecule is COC(=O)c1ccc(CBr)c(Br)c1.COC(=O)c1ccc(CC[C@H](CO)c2ccccc2C)c(Br)c1.COC(=O)c1ccc2c(c1)OC[C@H](c1ccccc1C)N(C(=O)C1CCOCC1)C2.COC(=O)c1ccc2c(c1)OC[C@H](c1ccccc1C)NC2.Cc1ccccc1[C@H]1COc2cc(C(=O)NO)ccc2CN1C(=O)C1CCOCC1.S.S.S.S. The first-order valence-electron chi connectivity index (χ1n) is 39.1. The lowest BCUT2D eigenvalue weighted by atomic mass is 9.90. The quantitative estimate of drug-likeness (QED) is 0.0230. The number of hydroxylamine groups is 1. The molecule has 0 aliphatic carbocycles. The molecule has 0 saturated carbocycles. The van der Waals surface area contributed by atoms with Crippen molar-refractivity contribution in [2.75, 3.05) is 81.3 Å². The molecule has 0 radical (unpaired) electrons. The van der Waals surface area contributed by atoms with Crippen LogP contribution in [0.5, 0.6) is 17.2 Å². The Hall–Kier alpha value is -8.69. The van der Waals surface area contributed by atoms with Gasteiger partial charge in [-0.15, -0.1) is 0 Å². The number of rotatable bonds is 16. The minimum Gasteiger partial charge on any atom is -0.491 e. The number of aryl methyl sites for hydroxylation is 5. The van der Waals surface area contributed by atoms with E-state index in [1.165, 1.54) is 50.7 Å². The second kappa shape index (κ2) is 50.9. The molecule has 0 bridgehead atoms. The summed E-state index contributed by atoms with van der Waals surface area (Å²) in [6.07, 6.45) is 4.59. The van der Waals surface area contributed by atoms with E-state index < -0.39 is 11.9 Å². The van der Waals surface area contributed by atoms with Gasteiger partial charge in [-0.25, -0.2) is 24.7 Å². The molecular weight excluding hydrogens is 1830 g/mol. The van der Waals surface area contributed by atoms with E-state index in [-0.39, 0.29) is 133 Å². The second-order valence-electron chi connectivity index (χ2n) is 29.1. The molecule has 5 aliphatic heterocycles. The minimum absolute atomic E-state index is 0. The Morgan fingerprint density at radius 2 is 0.836 bits per heavy atom. The molecule has 2 saturated heterocycles. The molecule has 29 heteroatoms. The Morgan fingerprint density at radius 3 is 1.25 bits per heavy atom. The first-order valence-corrected chi connectivity index (χ1v) is 41.8. The Morgan fingerprint density at radius 1 is 0.467 bits per heavy atom. The lowest BCUT2D eigenvalue weighted by molar-refractivity contribution is -0.143. The van der Waals surface area contributed by atoms with Crippen LogP contribution >= 0.6 is 102 Å². The topological polar surface area (TPSA) is 274 Å². The number of hydrogen-bond donors (Lipinski definition) is 4. The Labute approximate surface area is 767 Å². The maximum atomic E-state index is 13.6. The largest absolute Gasteiger partial charge is 0.491 e. The number of methoxy groups -OCH3 is 4. The minimum atomic E-state index is -0.601. The molecule has 14 rings (SSSR count). The van der Waals surface area contributed by atoms with E-state index in [1.807, 2.05) is 102 Å². The molecule has 4 N–H and O–H groups in total. The summed E-state index contributed by atoms with van der Waals surface area (Å²) < 4.78 is 49.8. The van der Waals surface area contributed by atoms with E-state index in [4.69, 9.17) is 43.1 Å². The summed E-state index contributed by atoms with van der Waals surface area (Å²) in [6.45, 7) is 13.5. The third-order valence-corrected chi connectivity index (χ3v) is 23.7. The number of carbonyl (C=O) groups excluding carboxylic acids is 7. The van der Waals surface area contributed by atoms with Gasteiger partial charge in [-0.2, -0.15) is 54.0 Å². The fourth-order valence-corrected chi connectivity index (χ4v) is 16.8. The van der Waals surface area contributed by atoms with Crippen molar-refractivity contribution >= 4 is 143 Å². The van der Waals surface area contributed by atoms with Gasteiger partial charge in [0.2, 0.25) is 11.8 Å². The van der Waals surface area contributed by atoms with Crippen LogP contribution in [-0.4, -0.2) is 143 Å². The average Bonchev–Trinajstić information content (AvgIpc) is 1.71. The normalized spacial score (nSPS) is 15.9. The number of benzene rings is 9. The van der Waals surface area contributed by atoms with Crippen LogP contribution in [0.15, 0.2) is 197 Å². The van der Waals surface area contributed by atoms with E-state index in [0.717, 1.165) is 109 Å². The summed E-state index contributed by atoms with van der Waals surface area (Å²) in [6, 6.07) is 58.9. The predicted molar refractivity (Wildman–Crippen MR) is 499 cm³/mol. The molecule has 2 fully saturated rings. The number of aliphatic hydroxyl groups excluding tert-OH is 1. The summed E-state index contributed by atoms with van der Waals surface area (Å²) in [7, 11) is 5.48. The van der Waals surface area contributed by atoms with Gasteiger partial charge in [0.05, 0.1) is 81.9 Å². The number of halogens is 3. The van der Waals surface area contributed by atoms with E-state index in [9.17, 15) is 38.7 Å². The second-order valence-corrected chi connectivity index (χ2v) is 31.3. The predicted octanol–water partition coefficient (Wildman–Crippen LogP) is 17.5. The van der Waals surface area contributed by atoms with Crippen molar-refractivity contribution in [3.8, 4) is 17.2 Å². The lowest BCUT2D eigenvalue weighted by Gasteiger charge is -2.34. The van der Waals surface area contributed by atoms with Crippen LogP contribution in [0.25, 0.3) is 0 Å². The highest BCUT2D eigenvalue weighted by atomic mass is 79.9. The molecule has 122 heavy (non-hydrogen) atoms. The monoisotopic (exact) mass is 1930 g/mol. The van der Waals surface area contributed by atoms with Crippen molar-refractivity contribution in [2.45, 2.75) is 115 Å². The molecule has 0 unspecified atom stereocenters. The van der Waals surface area contributed by atoms with Gasteiger partial charge in [0, 0.05) is 93.9 Å². The summed E-state index contributed by atoms with van der Waals surface area (Å²) in [5.41, 5.74) is 18.2. The highest BCUT2D eigenvalue weighted by molar-refractivity contribution is 9.11. The fraction of sp³-hybridized carbons (Fsp3) is 0.344. The number of nitrogens with zero attached hydrogens (tertiary/aromatic N) is 2. The number of aliphatic hydroxyl groups is 1. The molecule has 4 atom stereocenters. The fourth-order valence-electron chi connectivity index (χ4n) is 14.8. The summed E-state index contributed by atoms with van der Waals surface area (Å²) in [5.74, 6) is 0.164. The van der Waals surface area contributed by atoms with Crippen LogP contribution in [0, 0.1) is 39.5 Å². The van der Waals surface area contributed by atoms with Gasteiger partial charge in [0.1, 0.15) is 37.1 Å². The van der Waals surface area contributed by atoms with E-state index in [0.29, 0.717) is 98.6 Å². The van der Waals surface area contributed by atoms with Crippen molar-refractivity contribution in [1.82, 2.24) is 20.6 Å². The number of nitrogens with one attached hydrogen (secondary N) is 2. The van der Waals surface area contributed by atoms with Gasteiger partial charge in [0.25, 0.3) is 5.91 Å². The number of amides is 3. The number of fused-ring (bicyclic) bond motifs is 3. The van der Waals surface area contributed by atoms with Crippen LogP contribution in [0.2, 0.25) is 0 Å². The third kappa shape index (κ3) is 27.2. The van der Waals surface area contributed by atoms with Crippen LogP contribution in [0.3, 0.4) is 0 Å². The first-order chi connectivity index (χ1) is 57.1. The van der Waals surface area contributed by atoms with Crippen molar-refractivity contribution in [3.63, 3.8) is 0 Å². The first kappa shape index (κ1) is 102. The zero-order chi connectivity index (χ0) is 84.4. The number of alkyl halides is 1. The molecule has 654 valence electrons. The molecule has 5 aliphatic rings. The maximum Gasteiger partial charge on any atom is 0.337 e. The molecule has 22 nitrogen and oxygen atoms in total. The Balaban J connectivity index is 0.000000239. The van der Waals surface area contributed by atoms with Gasteiger partial charge in [-0.1, -0.05) is 175 Å². The van der Waals surface area contributed by atoms with E-state index >= 15 is 0 Å². The number of carbonyl (C=O) groups is 7. The van der Waals surface area contributed by atoms with Gasteiger partial charge < -0.3 is 62.9 Å². The molecule has 5 heterocycles. The standard InChI is InChI=1S/C24H27NO5.C23H26N2O5.C19H21BrO3.C18H19NO3.C9H8Br2O2.4H2S/c1-16-5-3-4-6-20(16)21-15-30-22-13-18(24(27)28-2)7-8-19(22)14-25(21)23(26)17-9-11-29-12-10-17;1-15-4-2-3-5-19(15)20-14-30-21-12-17(22(26)24-28)6-7-18(21)13-25(20)23(27)16-8-10-29-11-9-16;1-13-5-3-4-6-17(13)16(12-21)10-8-14-7-9-15(11-18(14)20)19(22)23-2;1-12-5-3-4-6-15(12)16-11-22-17-9-13(18(20)21-2)7-8-14(17)10-19-16;1-13-9(12)6-2-3-7(5-10)8(11)4-6;;;;/h3-8,13,17,21H,9-12,14-15H2,1-2H3;2-7,12,16,20,28H,8-11,13-14H2,1H3,(H,24,26);3-7,9,11,16,21H,8,10,12H2,1-2H3;3-9,16,19H,10-11H2,1-2H3;2-4H,5H2,1H3;4*1H2/t21-;20-;2*16-;;;;;/m1111...../s1. The Kier molecular flexibility index (Phi) is 42.6. The van der Waals surface area contributed by atoms with Gasteiger partial charge in [-0.3, -0.25) is 19.6 Å². The average molecular weight is 1940 g/mol. The maximum absolute atomic E-state index is 13.6. The van der Waals surface area contributed by atoms with E-state index in [2.05, 4.69) is 115 Å². The van der Waals surface area contributed by atoms with Gasteiger partial charge >= 0.3 is 23.9 Å². The third-order valence-electron chi connectivity index (χ3n) is 21.6. The van der Waals surface area contributed by atoms with Crippen molar-refractivity contribution in [3.05, 3.63) is 297 Å². The van der Waals surface area contributed by atoms with Crippen molar-refractivity contribution in [1.29, 1.82) is 0 Å². The van der Waals surface area contributed by atoms with Crippen LogP contribution in [0.1, 0.15) is 180 Å². The highest BCUT2D eigenvalue weighted by Crippen LogP contribution is 2.39. The number of ether oxygens (including phenoxy) is 9. The van der Waals surface area contributed by atoms with Gasteiger partial charge in [0.15, 0.2) is 0 Å². The zero-order valence-electron chi connectivity index (χ0n) is 69.5. The van der Waals surface area contributed by atoms with Crippen molar-refractivity contribution < 1.29 is 86.5 Å². The summed E-state index contributed by atoms with van der Waals surface area (Å²) in [4.78, 5) is 89.0. The number of hydrogen-bond acceptors (Lipinski definition) is 19. The lowest BCUT2D eigenvalue weighted by Crippen LogP contribution is -2.41. The molecule has 3 amide bonds. The Bertz CT molecular complexity index is 4840. The smallest absolute Gasteiger partial charge is 0.337 e. The number of esters is 4. The summed E-state index contributed by atoms with van der Waals surface area (Å²) >= 11 is 10.2. The van der Waals surface area contributed by atoms with Crippen LogP contribution in [-0.2, 0) is 69.4 Å². The molecular formula is C93H109Br3N4O18S4. The molecule has 0 aromatic heterocycles. The van der Waals surface area contributed by atoms with Crippen molar-refractivity contribution in [2.24, 2.45) is 11.8 Å². The molecule has 9 aromatic carbocycles. The summed E-state index contributed by atoms with van der Waals surface area (Å²) in [5, 5.41) is 22.9. The zero-order valence-corrected chi connectivity index (χ0v) is 78.3. The van der Waals surface area contributed by atoms with E-state index in [1.54, 1.807) is 72.2 Å². The highest BCUT2D eigenvalue weighted by Gasteiger charge is 2.38. The van der Waals surface area contributed by atoms with Crippen LogP contribution in [0.4, 0.5) is 0 Å².